The third-order valence-corrected chi connectivity index (χ3v) is 3.58. The van der Waals surface area contributed by atoms with E-state index in [0.717, 1.165) is 39.0 Å². The zero-order valence-electron chi connectivity index (χ0n) is 14.3. The van der Waals surface area contributed by atoms with E-state index >= 15 is 0 Å². The molecule has 0 heterocycles. The van der Waals surface area contributed by atoms with E-state index in [9.17, 15) is 4.79 Å². The molecule has 0 bridgehead atoms. The largest absolute Gasteiger partial charge is 0.341 e. The Hall–Kier alpha value is -0.650. The van der Waals surface area contributed by atoms with Crippen molar-refractivity contribution in [1.82, 2.24) is 14.7 Å². The number of hydrogen-bond donors (Lipinski definition) is 1. The number of carbonyl (C=O) groups excluding carboxylic acids is 1. The Morgan fingerprint density at radius 2 is 1.35 bits per heavy atom. The lowest BCUT2D eigenvalue weighted by Crippen LogP contribution is -2.53. The van der Waals surface area contributed by atoms with Gasteiger partial charge in [0, 0.05) is 13.1 Å². The molecule has 0 aromatic carbocycles. The maximum atomic E-state index is 12.5. The smallest absolute Gasteiger partial charge is 0.242 e. The van der Waals surface area contributed by atoms with Gasteiger partial charge < -0.3 is 20.4 Å². The number of amides is 1. The van der Waals surface area contributed by atoms with E-state index in [-0.39, 0.29) is 5.91 Å². The van der Waals surface area contributed by atoms with E-state index in [1.165, 1.54) is 0 Å². The average molecular weight is 286 g/mol. The Bertz CT molecular complexity index is 263. The molecule has 0 saturated carbocycles. The second-order valence-corrected chi connectivity index (χ2v) is 6.38. The number of hydrogen-bond acceptors (Lipinski definition) is 4. The third-order valence-electron chi connectivity index (χ3n) is 3.58. The monoisotopic (exact) mass is 286 g/mol. The first-order valence-corrected chi connectivity index (χ1v) is 7.58. The molecular formula is C15H34N4O. The van der Waals surface area contributed by atoms with Gasteiger partial charge in [-0.3, -0.25) is 4.79 Å². The summed E-state index contributed by atoms with van der Waals surface area (Å²) in [5.41, 5.74) is 5.37. The molecule has 5 nitrogen and oxygen atoms in total. The molecule has 1 unspecified atom stereocenters. The highest BCUT2D eigenvalue weighted by Crippen LogP contribution is 2.11. The van der Waals surface area contributed by atoms with Gasteiger partial charge in [0.1, 0.15) is 0 Å². The Balaban J connectivity index is 4.48. The summed E-state index contributed by atoms with van der Waals surface area (Å²) in [5.74, 6) is 0.0810. The third kappa shape index (κ3) is 7.82. The fourth-order valence-corrected chi connectivity index (χ4v) is 1.98. The van der Waals surface area contributed by atoms with E-state index in [4.69, 9.17) is 5.73 Å². The molecule has 0 radical (unpaired) electrons. The van der Waals surface area contributed by atoms with Crippen LogP contribution in [0.4, 0.5) is 0 Å². The van der Waals surface area contributed by atoms with Gasteiger partial charge in [0.2, 0.25) is 5.91 Å². The van der Waals surface area contributed by atoms with Gasteiger partial charge in [-0.1, -0.05) is 6.92 Å². The van der Waals surface area contributed by atoms with Crippen LogP contribution in [-0.2, 0) is 4.79 Å². The molecule has 120 valence electrons. The lowest BCUT2D eigenvalue weighted by atomic mass is 9.98. The van der Waals surface area contributed by atoms with Gasteiger partial charge in [0.05, 0.1) is 5.54 Å². The fourth-order valence-electron chi connectivity index (χ4n) is 1.98. The minimum Gasteiger partial charge on any atom is -0.341 e. The van der Waals surface area contributed by atoms with Crippen LogP contribution in [0.1, 0.15) is 33.1 Å². The summed E-state index contributed by atoms with van der Waals surface area (Å²) in [4.78, 5) is 18.7. The molecule has 0 aliphatic rings. The van der Waals surface area contributed by atoms with Crippen molar-refractivity contribution in [2.75, 3.05) is 54.4 Å². The topological polar surface area (TPSA) is 52.8 Å². The van der Waals surface area contributed by atoms with Gasteiger partial charge in [-0.15, -0.1) is 0 Å². The molecule has 1 atom stereocenters. The lowest BCUT2D eigenvalue weighted by molar-refractivity contribution is -0.136. The van der Waals surface area contributed by atoms with E-state index in [1.807, 2.05) is 18.7 Å². The zero-order chi connectivity index (χ0) is 15.8. The molecule has 0 rings (SSSR count). The minimum absolute atomic E-state index is 0.0810. The molecule has 2 N–H and O–H groups in total. The maximum Gasteiger partial charge on any atom is 0.242 e. The van der Waals surface area contributed by atoms with Crippen LogP contribution >= 0.6 is 0 Å². The van der Waals surface area contributed by atoms with Gasteiger partial charge in [-0.05, 0) is 67.5 Å². The van der Waals surface area contributed by atoms with Gasteiger partial charge in [-0.2, -0.15) is 0 Å². The summed E-state index contributed by atoms with van der Waals surface area (Å²) >= 11 is 0. The summed E-state index contributed by atoms with van der Waals surface area (Å²) in [6.45, 7) is 7.36. The highest BCUT2D eigenvalue weighted by Gasteiger charge is 2.30. The molecule has 0 aromatic rings. The first-order chi connectivity index (χ1) is 9.20. The highest BCUT2D eigenvalue weighted by atomic mass is 16.2. The average Bonchev–Trinajstić information content (AvgIpc) is 2.35. The first-order valence-electron chi connectivity index (χ1n) is 7.58. The maximum absolute atomic E-state index is 12.5. The summed E-state index contributed by atoms with van der Waals surface area (Å²) < 4.78 is 0. The van der Waals surface area contributed by atoms with Crippen molar-refractivity contribution < 1.29 is 4.79 Å². The van der Waals surface area contributed by atoms with Crippen molar-refractivity contribution in [2.45, 2.75) is 38.6 Å². The number of carbonyl (C=O) groups is 1. The Labute approximate surface area is 125 Å². The molecule has 0 saturated heterocycles. The SMILES string of the molecule is CCC(C)(N)C(=O)N(CCCN(C)C)CCCN(C)C. The van der Waals surface area contributed by atoms with Crippen molar-refractivity contribution >= 4 is 5.91 Å². The fraction of sp³-hybridized carbons (Fsp3) is 0.933. The summed E-state index contributed by atoms with van der Waals surface area (Å²) in [5, 5.41) is 0. The molecule has 5 heteroatoms. The van der Waals surface area contributed by atoms with Crippen LogP contribution in [0.25, 0.3) is 0 Å². The minimum atomic E-state index is -0.740. The van der Waals surface area contributed by atoms with Crippen LogP contribution < -0.4 is 5.73 Å². The van der Waals surface area contributed by atoms with Gasteiger partial charge in [0.25, 0.3) is 0 Å². The Morgan fingerprint density at radius 3 is 1.65 bits per heavy atom. The van der Waals surface area contributed by atoms with Crippen LogP contribution in [0, 0.1) is 0 Å². The van der Waals surface area contributed by atoms with E-state index < -0.39 is 5.54 Å². The lowest BCUT2D eigenvalue weighted by Gasteiger charge is -2.32. The Morgan fingerprint density at radius 1 is 0.950 bits per heavy atom. The van der Waals surface area contributed by atoms with E-state index in [0.29, 0.717) is 6.42 Å². The van der Waals surface area contributed by atoms with Crippen molar-refractivity contribution in [2.24, 2.45) is 5.73 Å². The van der Waals surface area contributed by atoms with Crippen LogP contribution in [0.2, 0.25) is 0 Å². The van der Waals surface area contributed by atoms with Gasteiger partial charge in [-0.25, -0.2) is 0 Å². The van der Waals surface area contributed by atoms with Crippen LogP contribution in [0.15, 0.2) is 0 Å². The summed E-state index contributed by atoms with van der Waals surface area (Å²) in [7, 11) is 8.21. The molecule has 1 amide bonds. The molecule has 0 aliphatic carbocycles. The molecule has 0 aliphatic heterocycles. The summed E-state index contributed by atoms with van der Waals surface area (Å²) in [6, 6.07) is 0. The molecule has 20 heavy (non-hydrogen) atoms. The van der Waals surface area contributed by atoms with E-state index in [1.54, 1.807) is 0 Å². The second-order valence-electron chi connectivity index (χ2n) is 6.38. The van der Waals surface area contributed by atoms with E-state index in [2.05, 4.69) is 38.0 Å². The normalized spacial score (nSPS) is 14.7. The predicted octanol–water partition coefficient (Wildman–Crippen LogP) is 0.846. The zero-order valence-corrected chi connectivity index (χ0v) is 14.3. The van der Waals surface area contributed by atoms with Gasteiger partial charge >= 0.3 is 0 Å². The first kappa shape index (κ1) is 19.4. The molecule has 0 fully saturated rings. The molecule has 0 aromatic heterocycles. The van der Waals surface area contributed by atoms with Crippen LogP contribution in [-0.4, -0.2) is 80.5 Å². The number of rotatable bonds is 10. The predicted molar refractivity (Wildman–Crippen MR) is 85.8 cm³/mol. The van der Waals surface area contributed by atoms with Crippen LogP contribution in [0.3, 0.4) is 0 Å². The van der Waals surface area contributed by atoms with Gasteiger partial charge in [0.15, 0.2) is 0 Å². The standard InChI is InChI=1S/C15H34N4O/c1-7-15(2,16)14(20)19(12-8-10-17(3)4)13-9-11-18(5)6/h7-13,16H2,1-6H3. The second kappa shape index (κ2) is 9.32. The highest BCUT2D eigenvalue weighted by molar-refractivity contribution is 5.85. The molecular weight excluding hydrogens is 252 g/mol. The van der Waals surface area contributed by atoms with Crippen molar-refractivity contribution in [3.63, 3.8) is 0 Å². The quantitative estimate of drug-likeness (QED) is 0.647. The van der Waals surface area contributed by atoms with Crippen molar-refractivity contribution in [3.8, 4) is 0 Å². The molecule has 0 spiro atoms. The van der Waals surface area contributed by atoms with Crippen molar-refractivity contribution in [1.29, 1.82) is 0 Å². The van der Waals surface area contributed by atoms with Crippen LogP contribution in [0.5, 0.6) is 0 Å². The van der Waals surface area contributed by atoms with Crippen molar-refractivity contribution in [3.05, 3.63) is 0 Å². The number of nitrogens with two attached hydrogens (primary N) is 1. The summed E-state index contributed by atoms with van der Waals surface area (Å²) in [6.07, 6.45) is 2.64. The number of nitrogens with zero attached hydrogens (tertiary/aromatic N) is 3. The Kier molecular flexibility index (Phi) is 9.01.